The van der Waals surface area contributed by atoms with Gasteiger partial charge in [-0.3, -0.25) is 0 Å². The van der Waals surface area contributed by atoms with Crippen LogP contribution in [0.3, 0.4) is 0 Å². The number of ether oxygens (including phenoxy) is 2. The Balaban J connectivity index is 2.15. The number of hydrogen-bond donors (Lipinski definition) is 0. The summed E-state index contributed by atoms with van der Waals surface area (Å²) in [5.41, 5.74) is 2.64. The second-order valence-corrected chi connectivity index (χ2v) is 25.1. The summed E-state index contributed by atoms with van der Waals surface area (Å²) in [6.07, 6.45) is 8.56. The van der Waals surface area contributed by atoms with Crippen LogP contribution in [-0.2, 0) is 9.47 Å². The molecule has 3 rings (SSSR count). The van der Waals surface area contributed by atoms with Crippen molar-refractivity contribution in [3.05, 3.63) is 56.7 Å². The van der Waals surface area contributed by atoms with E-state index in [1.807, 2.05) is 18.2 Å². The Kier molecular flexibility index (Phi) is 10.2. The van der Waals surface area contributed by atoms with Crippen molar-refractivity contribution >= 4 is 30.8 Å². The van der Waals surface area contributed by atoms with Crippen molar-refractivity contribution in [2.45, 2.75) is 118 Å². The molecule has 1 aromatic carbocycles. The van der Waals surface area contributed by atoms with E-state index >= 15 is 0 Å². The Bertz CT molecular complexity index is 1000. The van der Waals surface area contributed by atoms with E-state index in [0.717, 1.165) is 18.3 Å². The minimum absolute atomic E-state index is 0.494. The number of aldehydes is 1. The van der Waals surface area contributed by atoms with Crippen molar-refractivity contribution in [3.8, 4) is 0 Å². The van der Waals surface area contributed by atoms with E-state index in [0.29, 0.717) is 12.0 Å². The average Bonchev–Trinajstić information content (AvgIpc) is 3.23. The van der Waals surface area contributed by atoms with Gasteiger partial charge < -0.3 is 0 Å². The molecule has 4 nitrogen and oxygen atoms in total. The fourth-order valence-corrected chi connectivity index (χ4v) is 23.6. The van der Waals surface area contributed by atoms with Crippen LogP contribution in [0.2, 0.25) is 13.3 Å². The van der Waals surface area contributed by atoms with Crippen LogP contribution in [0.1, 0.15) is 115 Å². The Morgan fingerprint density at radius 3 is 2.16 bits per heavy atom. The van der Waals surface area contributed by atoms with Crippen LogP contribution in [0, 0.1) is 5.41 Å². The van der Waals surface area contributed by atoms with Crippen molar-refractivity contribution in [3.63, 3.8) is 0 Å². The standard InChI is InChI=1S/C20H21O4.3C4H9.Sn/c1-5-16-13(2)10-11-20(19(16,3)4)17(23-18(22)24-20)15-9-7-6-8-14(15)12-21;3*1-3-4-2;/h6-9,12,17H,1,10-11H2,2-4H3;3*1,3-4H2,2H3;/t17-,20+;;;;/m0..../s1. The molecule has 1 saturated heterocycles. The zero-order valence-corrected chi connectivity index (χ0v) is 26.9. The fraction of sp³-hybridized carbons (Fsp3) is 0.625. The van der Waals surface area contributed by atoms with Gasteiger partial charge in [-0.05, 0) is 0 Å². The number of cyclic esters (lactones) is 1. The van der Waals surface area contributed by atoms with Gasteiger partial charge in [0.2, 0.25) is 0 Å². The monoisotopic (exact) mass is 616 g/mol. The molecule has 0 saturated carbocycles. The maximum absolute atomic E-state index is 12.8. The predicted octanol–water partition coefficient (Wildman–Crippen LogP) is 9.53. The summed E-state index contributed by atoms with van der Waals surface area (Å²) in [6.45, 7) is 18.6. The molecule has 1 fully saturated rings. The molecule has 2 aliphatic rings. The summed E-state index contributed by atoms with van der Waals surface area (Å²) >= 11 is -2.85. The van der Waals surface area contributed by atoms with Crippen LogP contribution in [0.5, 0.6) is 0 Å². The molecule has 5 heteroatoms. The molecule has 2 atom stereocenters. The van der Waals surface area contributed by atoms with Crippen LogP contribution >= 0.6 is 0 Å². The summed E-state index contributed by atoms with van der Waals surface area (Å²) < 4.78 is 17.6. The molecule has 37 heavy (non-hydrogen) atoms. The summed E-state index contributed by atoms with van der Waals surface area (Å²) in [6, 6.07) is 7.45. The SMILES string of the molecule is C=[C](C1=C(C)CC[C@]2(OC(=O)O[C@H]2c2ccccc2C=O)C1(C)C)[Sn]([CH2]CCC)([CH2]CCC)[CH2]CCC. The number of hydrogen-bond acceptors (Lipinski definition) is 4. The number of unbranched alkanes of at least 4 members (excludes halogenated alkanes) is 3. The fourth-order valence-electron chi connectivity index (χ4n) is 7.06. The van der Waals surface area contributed by atoms with Crippen LogP contribution in [0.25, 0.3) is 0 Å². The van der Waals surface area contributed by atoms with Crippen LogP contribution in [-0.4, -0.2) is 36.4 Å². The third-order valence-corrected chi connectivity index (χ3v) is 24.8. The van der Waals surface area contributed by atoms with Crippen LogP contribution < -0.4 is 0 Å². The van der Waals surface area contributed by atoms with E-state index in [1.165, 1.54) is 66.6 Å². The molecular formula is C32H48O4Sn. The first-order valence-corrected chi connectivity index (χ1v) is 22.0. The Morgan fingerprint density at radius 1 is 1.05 bits per heavy atom. The molecule has 0 N–H and O–H groups in total. The molecule has 1 aliphatic carbocycles. The molecule has 0 radical (unpaired) electrons. The second kappa shape index (κ2) is 12.5. The first-order chi connectivity index (χ1) is 17.6. The van der Waals surface area contributed by atoms with Crippen molar-refractivity contribution < 1.29 is 19.1 Å². The summed E-state index contributed by atoms with van der Waals surface area (Å²) in [5.74, 6) is 0. The van der Waals surface area contributed by atoms with E-state index in [4.69, 9.17) is 16.1 Å². The predicted molar refractivity (Wildman–Crippen MR) is 155 cm³/mol. The molecule has 1 heterocycles. The normalized spacial score (nSPS) is 23.2. The molecule has 204 valence electrons. The number of carbonyl (C=O) groups excluding carboxylic acids is 2. The molecule has 1 spiro atoms. The zero-order valence-electron chi connectivity index (χ0n) is 24.1. The van der Waals surface area contributed by atoms with Crippen LogP contribution in [0.15, 0.2) is 45.6 Å². The number of rotatable bonds is 13. The van der Waals surface area contributed by atoms with Gasteiger partial charge in [-0.1, -0.05) is 0 Å². The van der Waals surface area contributed by atoms with Gasteiger partial charge >= 0.3 is 230 Å². The van der Waals surface area contributed by atoms with Gasteiger partial charge in [0, 0.05) is 0 Å². The van der Waals surface area contributed by atoms with Crippen LogP contribution in [0.4, 0.5) is 4.79 Å². The van der Waals surface area contributed by atoms with E-state index in [1.54, 1.807) is 6.07 Å². The number of carbonyl (C=O) groups is 2. The van der Waals surface area contributed by atoms with Crippen molar-refractivity contribution in [2.24, 2.45) is 5.41 Å². The quantitative estimate of drug-likeness (QED) is 0.126. The molecule has 1 aromatic rings. The summed E-state index contributed by atoms with van der Waals surface area (Å²) in [5, 5.41) is 0. The summed E-state index contributed by atoms with van der Waals surface area (Å²) in [4.78, 5) is 24.8. The van der Waals surface area contributed by atoms with Gasteiger partial charge in [0.05, 0.1) is 0 Å². The van der Waals surface area contributed by atoms with Crippen molar-refractivity contribution in [2.75, 3.05) is 0 Å². The Hall–Kier alpha value is -1.56. The molecule has 0 amide bonds. The van der Waals surface area contributed by atoms with Gasteiger partial charge in [0.1, 0.15) is 0 Å². The Labute approximate surface area is 229 Å². The average molecular weight is 615 g/mol. The first-order valence-electron chi connectivity index (χ1n) is 14.5. The molecule has 0 unspecified atom stereocenters. The topological polar surface area (TPSA) is 52.6 Å². The molecular weight excluding hydrogens is 567 g/mol. The van der Waals surface area contributed by atoms with E-state index < -0.39 is 41.7 Å². The van der Waals surface area contributed by atoms with Gasteiger partial charge in [-0.25, -0.2) is 0 Å². The maximum atomic E-state index is 12.8. The van der Waals surface area contributed by atoms with Gasteiger partial charge in [0.15, 0.2) is 0 Å². The van der Waals surface area contributed by atoms with E-state index in [-0.39, 0.29) is 0 Å². The van der Waals surface area contributed by atoms with Crippen molar-refractivity contribution in [1.82, 2.24) is 0 Å². The Morgan fingerprint density at radius 2 is 1.62 bits per heavy atom. The van der Waals surface area contributed by atoms with E-state index in [9.17, 15) is 9.59 Å². The number of allylic oxidation sites excluding steroid dienone is 2. The minimum atomic E-state index is -2.85. The number of benzene rings is 1. The first kappa shape index (κ1) is 30.0. The van der Waals surface area contributed by atoms with Gasteiger partial charge in [-0.2, -0.15) is 0 Å². The molecule has 0 aromatic heterocycles. The van der Waals surface area contributed by atoms with E-state index in [2.05, 4.69) is 41.5 Å². The molecule has 1 aliphatic heterocycles. The van der Waals surface area contributed by atoms with Crippen molar-refractivity contribution in [1.29, 1.82) is 0 Å². The van der Waals surface area contributed by atoms with Gasteiger partial charge in [-0.15, -0.1) is 0 Å². The zero-order chi connectivity index (χ0) is 27.3. The molecule has 0 bridgehead atoms. The summed E-state index contributed by atoms with van der Waals surface area (Å²) in [7, 11) is 0. The third kappa shape index (κ3) is 5.60. The van der Waals surface area contributed by atoms with Gasteiger partial charge in [0.25, 0.3) is 0 Å². The second-order valence-electron chi connectivity index (χ2n) is 11.8. The third-order valence-electron chi connectivity index (χ3n) is 9.26.